The molecule has 0 bridgehead atoms. The zero-order valence-corrected chi connectivity index (χ0v) is 16.0. The Morgan fingerprint density at radius 2 is 1.78 bits per heavy atom. The number of hydrogen-bond donors (Lipinski definition) is 2. The van der Waals surface area contributed by atoms with E-state index in [0.717, 1.165) is 17.9 Å². The lowest BCUT2D eigenvalue weighted by molar-refractivity contribution is -0.114. The van der Waals surface area contributed by atoms with Gasteiger partial charge in [0.15, 0.2) is 0 Å². The Balaban J connectivity index is 1.84. The first kappa shape index (κ1) is 20.3. The summed E-state index contributed by atoms with van der Waals surface area (Å²) in [5.41, 5.74) is 1.88. The predicted octanol–water partition coefficient (Wildman–Crippen LogP) is 4.09. The summed E-state index contributed by atoms with van der Waals surface area (Å²) in [5.74, 6) is 0.201. The summed E-state index contributed by atoms with van der Waals surface area (Å²) in [4.78, 5) is 23.9. The molecule has 0 heterocycles. The Hall–Kier alpha value is -3.02. The van der Waals surface area contributed by atoms with E-state index in [1.165, 1.54) is 0 Å². The molecule has 0 saturated carbocycles. The molecule has 1 amide bonds. The van der Waals surface area contributed by atoms with E-state index in [4.69, 9.17) is 9.47 Å². The fourth-order valence-electron chi connectivity index (χ4n) is 2.31. The van der Waals surface area contributed by atoms with Crippen molar-refractivity contribution in [2.24, 2.45) is 0 Å². The van der Waals surface area contributed by atoms with Crippen LogP contribution in [0.15, 0.2) is 48.5 Å². The highest BCUT2D eigenvalue weighted by Gasteiger charge is 2.08. The van der Waals surface area contributed by atoms with Gasteiger partial charge in [-0.25, -0.2) is 4.79 Å². The first-order chi connectivity index (χ1) is 13.0. The summed E-state index contributed by atoms with van der Waals surface area (Å²) in [5, 5.41) is 5.85. The predicted molar refractivity (Wildman–Crippen MR) is 106 cm³/mol. The van der Waals surface area contributed by atoms with Gasteiger partial charge in [-0.3, -0.25) is 4.79 Å². The van der Waals surface area contributed by atoms with Crippen LogP contribution in [0.4, 0.5) is 11.4 Å². The molecule has 0 aromatic heterocycles. The summed E-state index contributed by atoms with van der Waals surface area (Å²) in [6.07, 6.45) is 0.866. The summed E-state index contributed by atoms with van der Waals surface area (Å²) in [7, 11) is 0. The zero-order valence-electron chi connectivity index (χ0n) is 16.0. The van der Waals surface area contributed by atoms with Crippen molar-refractivity contribution >= 4 is 23.3 Å². The van der Waals surface area contributed by atoms with Crippen molar-refractivity contribution in [3.63, 3.8) is 0 Å². The lowest BCUT2D eigenvalue weighted by Gasteiger charge is -2.12. The Labute approximate surface area is 159 Å². The Morgan fingerprint density at radius 3 is 2.44 bits per heavy atom. The highest BCUT2D eigenvalue weighted by atomic mass is 16.5. The van der Waals surface area contributed by atoms with E-state index in [1.54, 1.807) is 24.3 Å². The minimum absolute atomic E-state index is 0.0887. The van der Waals surface area contributed by atoms with E-state index in [0.29, 0.717) is 17.9 Å². The molecule has 0 aliphatic rings. The number of nitrogens with one attached hydrogen (secondary N) is 2. The van der Waals surface area contributed by atoms with Crippen LogP contribution in [0.3, 0.4) is 0 Å². The fourth-order valence-corrected chi connectivity index (χ4v) is 2.31. The average Bonchev–Trinajstić information content (AvgIpc) is 2.65. The number of carbonyl (C=O) groups excluding carboxylic acids is 2. The van der Waals surface area contributed by atoms with Crippen molar-refractivity contribution in [3.05, 3.63) is 54.1 Å². The van der Waals surface area contributed by atoms with Gasteiger partial charge in [0.05, 0.1) is 24.8 Å². The monoisotopic (exact) mass is 370 g/mol. The second-order valence-electron chi connectivity index (χ2n) is 6.31. The van der Waals surface area contributed by atoms with Crippen LogP contribution in [0.2, 0.25) is 0 Å². The topological polar surface area (TPSA) is 76.7 Å². The standard InChI is InChI=1S/C21H26N2O4/c1-4-12-26-21(25)16-8-10-17(11-9-16)23-20(24)14-22-18-6-5-7-19(13-18)27-15(2)3/h5-11,13,15,22H,4,12,14H2,1-3H3,(H,23,24). The number of amides is 1. The fraction of sp³-hybridized carbons (Fsp3) is 0.333. The summed E-state index contributed by atoms with van der Waals surface area (Å²) in [6, 6.07) is 14.1. The van der Waals surface area contributed by atoms with Gasteiger partial charge in [0.1, 0.15) is 5.75 Å². The van der Waals surface area contributed by atoms with Crippen molar-refractivity contribution in [2.45, 2.75) is 33.3 Å². The first-order valence-corrected chi connectivity index (χ1v) is 9.05. The van der Waals surface area contributed by atoms with E-state index in [-0.39, 0.29) is 24.5 Å². The SMILES string of the molecule is CCCOC(=O)c1ccc(NC(=O)CNc2cccc(OC(C)C)c2)cc1. The second-order valence-corrected chi connectivity index (χ2v) is 6.31. The largest absolute Gasteiger partial charge is 0.491 e. The molecule has 0 unspecified atom stereocenters. The molecule has 0 spiro atoms. The third-order valence-electron chi connectivity index (χ3n) is 3.50. The van der Waals surface area contributed by atoms with Gasteiger partial charge in [0.25, 0.3) is 0 Å². The van der Waals surface area contributed by atoms with Crippen LogP contribution in [0.25, 0.3) is 0 Å². The maximum atomic E-state index is 12.1. The molecule has 0 aliphatic heterocycles. The van der Waals surface area contributed by atoms with Gasteiger partial charge >= 0.3 is 5.97 Å². The Bertz CT molecular complexity index is 757. The molecule has 2 rings (SSSR count). The van der Waals surface area contributed by atoms with Crippen LogP contribution >= 0.6 is 0 Å². The van der Waals surface area contributed by atoms with Crippen LogP contribution in [0, 0.1) is 0 Å². The Kier molecular flexibility index (Phi) is 7.67. The van der Waals surface area contributed by atoms with Gasteiger partial charge in [0, 0.05) is 17.4 Å². The molecule has 0 saturated heterocycles. The minimum Gasteiger partial charge on any atom is -0.491 e. The number of rotatable bonds is 9. The number of ether oxygens (including phenoxy) is 2. The molecule has 0 radical (unpaired) electrons. The van der Waals surface area contributed by atoms with E-state index >= 15 is 0 Å². The molecule has 0 fully saturated rings. The number of carbonyl (C=O) groups is 2. The molecule has 0 aliphatic carbocycles. The van der Waals surface area contributed by atoms with Crippen molar-refractivity contribution in [1.29, 1.82) is 0 Å². The number of anilines is 2. The van der Waals surface area contributed by atoms with E-state index in [1.807, 2.05) is 45.0 Å². The van der Waals surface area contributed by atoms with E-state index in [9.17, 15) is 9.59 Å². The molecular weight excluding hydrogens is 344 g/mol. The molecule has 27 heavy (non-hydrogen) atoms. The lowest BCUT2D eigenvalue weighted by Crippen LogP contribution is -2.21. The number of benzene rings is 2. The maximum absolute atomic E-state index is 12.1. The van der Waals surface area contributed by atoms with Crippen LogP contribution in [-0.4, -0.2) is 31.1 Å². The van der Waals surface area contributed by atoms with Crippen LogP contribution < -0.4 is 15.4 Å². The van der Waals surface area contributed by atoms with Gasteiger partial charge < -0.3 is 20.1 Å². The summed E-state index contributed by atoms with van der Waals surface area (Å²) in [6.45, 7) is 6.37. The van der Waals surface area contributed by atoms with Crippen LogP contribution in [-0.2, 0) is 9.53 Å². The molecular formula is C21H26N2O4. The van der Waals surface area contributed by atoms with Crippen molar-refractivity contribution in [3.8, 4) is 5.75 Å². The van der Waals surface area contributed by atoms with Gasteiger partial charge in [-0.2, -0.15) is 0 Å². The smallest absolute Gasteiger partial charge is 0.338 e. The molecule has 144 valence electrons. The van der Waals surface area contributed by atoms with Gasteiger partial charge in [-0.05, 0) is 56.7 Å². The normalized spacial score (nSPS) is 10.4. The van der Waals surface area contributed by atoms with Gasteiger partial charge in [-0.1, -0.05) is 13.0 Å². The van der Waals surface area contributed by atoms with Crippen molar-refractivity contribution < 1.29 is 19.1 Å². The summed E-state index contributed by atoms with van der Waals surface area (Å²) >= 11 is 0. The highest BCUT2D eigenvalue weighted by Crippen LogP contribution is 2.18. The quantitative estimate of drug-likeness (QED) is 0.650. The minimum atomic E-state index is -0.361. The second kappa shape index (κ2) is 10.2. The summed E-state index contributed by atoms with van der Waals surface area (Å²) < 4.78 is 10.7. The van der Waals surface area contributed by atoms with Crippen LogP contribution in [0.5, 0.6) is 5.75 Å². The van der Waals surface area contributed by atoms with E-state index in [2.05, 4.69) is 10.6 Å². The molecule has 2 N–H and O–H groups in total. The van der Waals surface area contributed by atoms with Gasteiger partial charge in [-0.15, -0.1) is 0 Å². The molecule has 0 atom stereocenters. The molecule has 2 aromatic carbocycles. The van der Waals surface area contributed by atoms with E-state index < -0.39 is 0 Å². The number of esters is 1. The van der Waals surface area contributed by atoms with Crippen molar-refractivity contribution in [2.75, 3.05) is 23.8 Å². The van der Waals surface area contributed by atoms with Crippen molar-refractivity contribution in [1.82, 2.24) is 0 Å². The first-order valence-electron chi connectivity index (χ1n) is 9.05. The molecule has 6 nitrogen and oxygen atoms in total. The zero-order chi connectivity index (χ0) is 19.6. The molecule has 6 heteroatoms. The third-order valence-corrected chi connectivity index (χ3v) is 3.50. The molecule has 2 aromatic rings. The average molecular weight is 370 g/mol. The lowest BCUT2D eigenvalue weighted by atomic mass is 10.2. The third kappa shape index (κ3) is 7.01. The van der Waals surface area contributed by atoms with Crippen LogP contribution in [0.1, 0.15) is 37.6 Å². The maximum Gasteiger partial charge on any atom is 0.338 e. The Morgan fingerprint density at radius 1 is 1.04 bits per heavy atom. The number of hydrogen-bond acceptors (Lipinski definition) is 5. The highest BCUT2D eigenvalue weighted by molar-refractivity contribution is 5.95. The van der Waals surface area contributed by atoms with Gasteiger partial charge in [0.2, 0.25) is 5.91 Å².